The van der Waals surface area contributed by atoms with Gasteiger partial charge in [0.05, 0.1) is 5.56 Å². The second-order valence-electron chi connectivity index (χ2n) is 2.32. The smallest absolute Gasteiger partial charge is 0.338 e. The first-order valence-electron chi connectivity index (χ1n) is 3.26. The quantitative estimate of drug-likeness (QED) is 0.770. The molecule has 7 heteroatoms. The van der Waals surface area contributed by atoms with Gasteiger partial charge in [-0.3, -0.25) is 0 Å². The van der Waals surface area contributed by atoms with Crippen molar-refractivity contribution < 1.29 is 23.1 Å². The van der Waals surface area contributed by atoms with Gasteiger partial charge in [-0.2, -0.15) is 0 Å². The number of carbonyl (C=O) groups is 1. The predicted molar refractivity (Wildman–Crippen MR) is 47.4 cm³/mol. The number of halogens is 2. The average molecular weight is 239 g/mol. The molecule has 14 heavy (non-hydrogen) atoms. The lowest BCUT2D eigenvalue weighted by molar-refractivity contribution is 0.0691. The first-order chi connectivity index (χ1) is 6.43. The van der Waals surface area contributed by atoms with Crippen molar-refractivity contribution in [1.29, 1.82) is 0 Å². The summed E-state index contributed by atoms with van der Waals surface area (Å²) >= 11 is 2.83. The maximum absolute atomic E-state index is 13.2. The van der Waals surface area contributed by atoms with Gasteiger partial charge in [-0.05, 0) is 12.1 Å². The van der Waals surface area contributed by atoms with E-state index in [1.165, 1.54) is 0 Å². The zero-order chi connectivity index (χ0) is 10.9. The molecule has 1 aromatic rings. The summed E-state index contributed by atoms with van der Waals surface area (Å²) in [5.41, 5.74) is -0.727. The van der Waals surface area contributed by atoms with E-state index in [2.05, 4.69) is 0 Å². The summed E-state index contributed by atoms with van der Waals surface area (Å²) in [5, 5.41) is 8.41. The molecule has 0 spiro atoms. The highest BCUT2D eigenvalue weighted by atomic mass is 35.5. The topological polar surface area (TPSA) is 74.6 Å². The zero-order valence-corrected chi connectivity index (χ0v) is 8.10. The zero-order valence-electron chi connectivity index (χ0n) is 6.53. The minimum atomic E-state index is -2.60. The minimum Gasteiger partial charge on any atom is -0.478 e. The fraction of sp³-hybridized carbons (Fsp3) is 0. The molecule has 76 valence electrons. The van der Waals surface area contributed by atoms with Gasteiger partial charge in [0.1, 0.15) is 4.90 Å². The monoisotopic (exact) mass is 238 g/mol. The molecule has 0 saturated heterocycles. The number of aromatic carboxylic acids is 1. The van der Waals surface area contributed by atoms with E-state index in [-0.39, 0.29) is 5.02 Å². The van der Waals surface area contributed by atoms with Crippen molar-refractivity contribution >= 4 is 28.7 Å². The van der Waals surface area contributed by atoms with Gasteiger partial charge in [0.25, 0.3) is 0 Å². The van der Waals surface area contributed by atoms with Crippen molar-refractivity contribution in [2.24, 2.45) is 0 Å². The van der Waals surface area contributed by atoms with Gasteiger partial charge in [-0.15, -0.1) is 0 Å². The molecule has 0 radical (unpaired) electrons. The molecular formula is C7H4ClFO4S. The Morgan fingerprint density at radius 1 is 1.50 bits per heavy atom. The van der Waals surface area contributed by atoms with Crippen LogP contribution < -0.4 is 0 Å². The van der Waals surface area contributed by atoms with Crippen molar-refractivity contribution in [2.45, 2.75) is 4.90 Å². The summed E-state index contributed by atoms with van der Waals surface area (Å²) in [7, 11) is 0. The molecule has 0 aliphatic heterocycles. The maximum Gasteiger partial charge on any atom is 0.338 e. The number of benzene rings is 1. The van der Waals surface area contributed by atoms with Crippen LogP contribution in [0.3, 0.4) is 0 Å². The van der Waals surface area contributed by atoms with Gasteiger partial charge in [0.15, 0.2) is 16.9 Å². The summed E-state index contributed by atoms with van der Waals surface area (Å²) in [5.74, 6) is -2.79. The van der Waals surface area contributed by atoms with Crippen molar-refractivity contribution in [3.8, 4) is 0 Å². The SMILES string of the molecule is O=C(O)c1cc(Cl)cc(S(=O)O)c1F. The van der Waals surface area contributed by atoms with Crippen LogP contribution in [0.4, 0.5) is 4.39 Å². The van der Waals surface area contributed by atoms with E-state index in [4.69, 9.17) is 21.3 Å². The highest BCUT2D eigenvalue weighted by Crippen LogP contribution is 2.21. The standard InChI is InChI=1S/C7H4ClFO4S/c8-3-1-4(7(10)11)6(9)5(2-3)14(12)13/h1-2H,(H,10,11)(H,12,13). The van der Waals surface area contributed by atoms with Gasteiger partial charge >= 0.3 is 5.97 Å². The van der Waals surface area contributed by atoms with Crippen LogP contribution in [-0.2, 0) is 11.1 Å². The molecule has 0 bridgehead atoms. The summed E-state index contributed by atoms with van der Waals surface area (Å²) in [6.07, 6.45) is 0. The molecule has 4 nitrogen and oxygen atoms in total. The van der Waals surface area contributed by atoms with Crippen LogP contribution in [0.25, 0.3) is 0 Å². The van der Waals surface area contributed by atoms with Crippen LogP contribution >= 0.6 is 11.6 Å². The highest BCUT2D eigenvalue weighted by Gasteiger charge is 2.18. The third kappa shape index (κ3) is 2.09. The van der Waals surface area contributed by atoms with Crippen molar-refractivity contribution in [3.05, 3.63) is 28.5 Å². The molecule has 0 saturated carbocycles. The van der Waals surface area contributed by atoms with E-state index in [0.29, 0.717) is 0 Å². The van der Waals surface area contributed by atoms with Crippen molar-refractivity contribution in [3.63, 3.8) is 0 Å². The Hall–Kier alpha value is -0.980. The Morgan fingerprint density at radius 3 is 2.50 bits per heavy atom. The largest absolute Gasteiger partial charge is 0.478 e. The second-order valence-corrected chi connectivity index (χ2v) is 3.69. The highest BCUT2D eigenvalue weighted by molar-refractivity contribution is 7.79. The van der Waals surface area contributed by atoms with Gasteiger partial charge in [0, 0.05) is 5.02 Å². The molecule has 0 aliphatic carbocycles. The maximum atomic E-state index is 13.2. The molecule has 0 aliphatic rings. The van der Waals surface area contributed by atoms with E-state index in [1.54, 1.807) is 0 Å². The van der Waals surface area contributed by atoms with Gasteiger partial charge in [0.2, 0.25) is 0 Å². The van der Waals surface area contributed by atoms with Crippen LogP contribution in [0.15, 0.2) is 17.0 Å². The Kier molecular flexibility index (Phi) is 3.20. The second kappa shape index (κ2) is 4.04. The molecule has 0 heterocycles. The third-order valence-corrected chi connectivity index (χ3v) is 2.31. The number of carboxylic acids is 1. The Bertz CT molecular complexity index is 385. The van der Waals surface area contributed by atoms with E-state index in [0.717, 1.165) is 12.1 Å². The molecule has 1 rings (SSSR count). The van der Waals surface area contributed by atoms with Crippen LogP contribution in [-0.4, -0.2) is 19.8 Å². The summed E-state index contributed by atoms with van der Waals surface area (Å²) < 4.78 is 32.3. The van der Waals surface area contributed by atoms with Crippen LogP contribution in [0.5, 0.6) is 0 Å². The molecular weight excluding hydrogens is 235 g/mol. The lowest BCUT2D eigenvalue weighted by Crippen LogP contribution is -2.04. The Morgan fingerprint density at radius 2 is 2.07 bits per heavy atom. The molecule has 1 atom stereocenters. The Balaban J connectivity index is 3.47. The van der Waals surface area contributed by atoms with E-state index >= 15 is 0 Å². The fourth-order valence-corrected chi connectivity index (χ4v) is 1.62. The third-order valence-electron chi connectivity index (χ3n) is 1.42. The number of rotatable bonds is 2. The number of hydrogen-bond donors (Lipinski definition) is 2. The number of carboxylic acid groups (broad SMARTS) is 1. The summed E-state index contributed by atoms with van der Waals surface area (Å²) in [6, 6.07) is 1.77. The first kappa shape index (κ1) is 11.1. The van der Waals surface area contributed by atoms with Gasteiger partial charge < -0.3 is 9.66 Å². The predicted octanol–water partition coefficient (Wildman–Crippen LogP) is 1.76. The van der Waals surface area contributed by atoms with Crippen molar-refractivity contribution in [2.75, 3.05) is 0 Å². The van der Waals surface area contributed by atoms with E-state index in [9.17, 15) is 13.4 Å². The van der Waals surface area contributed by atoms with Crippen LogP contribution in [0, 0.1) is 5.82 Å². The molecule has 2 N–H and O–H groups in total. The van der Waals surface area contributed by atoms with E-state index in [1.807, 2.05) is 0 Å². The molecule has 0 fully saturated rings. The lowest BCUT2D eigenvalue weighted by Gasteiger charge is -2.02. The fourth-order valence-electron chi connectivity index (χ4n) is 0.847. The normalized spacial score (nSPS) is 12.5. The van der Waals surface area contributed by atoms with E-state index < -0.39 is 33.3 Å². The van der Waals surface area contributed by atoms with Crippen LogP contribution in [0.1, 0.15) is 10.4 Å². The first-order valence-corrected chi connectivity index (χ1v) is 4.75. The number of hydrogen-bond acceptors (Lipinski definition) is 2. The van der Waals surface area contributed by atoms with Crippen LogP contribution in [0.2, 0.25) is 5.02 Å². The van der Waals surface area contributed by atoms with Crippen molar-refractivity contribution in [1.82, 2.24) is 0 Å². The summed E-state index contributed by atoms with van der Waals surface area (Å²) in [4.78, 5) is 9.83. The molecule has 0 aromatic heterocycles. The minimum absolute atomic E-state index is 0.110. The molecule has 0 amide bonds. The molecule has 1 unspecified atom stereocenters. The average Bonchev–Trinajstić information content (AvgIpc) is 2.07. The lowest BCUT2D eigenvalue weighted by atomic mass is 10.2. The van der Waals surface area contributed by atoms with Gasteiger partial charge in [-0.25, -0.2) is 13.4 Å². The summed E-state index contributed by atoms with van der Waals surface area (Å²) in [6.45, 7) is 0. The van der Waals surface area contributed by atoms with Gasteiger partial charge in [-0.1, -0.05) is 11.6 Å². The molecule has 1 aromatic carbocycles. The Labute approximate surface area is 85.6 Å².